The van der Waals surface area contributed by atoms with Crippen LogP contribution in [0, 0.1) is 29.6 Å². The highest BCUT2D eigenvalue weighted by Crippen LogP contribution is 2.38. The van der Waals surface area contributed by atoms with Crippen molar-refractivity contribution in [2.24, 2.45) is 0 Å². The van der Waals surface area contributed by atoms with Gasteiger partial charge in [0.15, 0.2) is 5.76 Å². The lowest BCUT2D eigenvalue weighted by Gasteiger charge is -2.24. The Morgan fingerprint density at radius 1 is 1.00 bits per heavy atom. The number of furan rings is 1. The number of hydrogen-bond donors (Lipinski definition) is 1. The number of nitriles is 2. The van der Waals surface area contributed by atoms with Crippen molar-refractivity contribution in [1.29, 1.82) is 10.5 Å². The fraction of sp³-hybridized carbons (Fsp3) is 0.259. The molecular weight excluding hydrogens is 536 g/mol. The van der Waals surface area contributed by atoms with Crippen LogP contribution in [0.1, 0.15) is 35.5 Å². The Labute approximate surface area is 231 Å². The van der Waals surface area contributed by atoms with E-state index in [1.807, 2.05) is 12.1 Å². The average molecular weight is 563 g/mol. The molecule has 0 spiro atoms. The van der Waals surface area contributed by atoms with E-state index in [0.717, 1.165) is 0 Å². The fourth-order valence-corrected chi connectivity index (χ4v) is 5.41. The van der Waals surface area contributed by atoms with Crippen molar-refractivity contribution in [1.82, 2.24) is 14.8 Å². The van der Waals surface area contributed by atoms with Gasteiger partial charge in [0.05, 0.1) is 37.5 Å². The number of para-hydroxylation sites is 1. The van der Waals surface area contributed by atoms with E-state index in [9.17, 15) is 18.9 Å². The summed E-state index contributed by atoms with van der Waals surface area (Å²) in [5.41, 5.74) is 1.06. The third-order valence-corrected chi connectivity index (χ3v) is 7.96. The summed E-state index contributed by atoms with van der Waals surface area (Å²) in [5, 5.41) is 26.0. The summed E-state index contributed by atoms with van der Waals surface area (Å²) in [6, 6.07) is 16.9. The Bertz CT molecular complexity index is 1710. The van der Waals surface area contributed by atoms with Crippen molar-refractivity contribution in [2.75, 3.05) is 26.1 Å². The summed E-state index contributed by atoms with van der Waals surface area (Å²) < 4.78 is 53.9. The second-order valence-corrected chi connectivity index (χ2v) is 10.7. The molecular formula is C27H26N6O6S. The molecule has 2 heterocycles. The molecule has 0 saturated carbocycles. The quantitative estimate of drug-likeness (QED) is 0.297. The van der Waals surface area contributed by atoms with Crippen molar-refractivity contribution in [2.45, 2.75) is 25.2 Å². The minimum atomic E-state index is -4.23. The van der Waals surface area contributed by atoms with E-state index in [-0.39, 0.29) is 22.9 Å². The summed E-state index contributed by atoms with van der Waals surface area (Å²) in [5.74, 6) is 1.72. The Kier molecular flexibility index (Phi) is 8.09. The monoisotopic (exact) mass is 562 g/mol. The average Bonchev–Trinajstić information content (AvgIpc) is 3.58. The van der Waals surface area contributed by atoms with Crippen LogP contribution in [0.2, 0.25) is 0 Å². The number of nitrogens with one attached hydrogen (secondary N) is 1. The predicted octanol–water partition coefficient (Wildman–Crippen LogP) is 4.11. The maximum Gasteiger partial charge on any atom is 0.243 e. The van der Waals surface area contributed by atoms with Crippen molar-refractivity contribution in [3.63, 3.8) is 0 Å². The second kappa shape index (κ2) is 11.5. The Hall–Kier alpha value is -4.85. The van der Waals surface area contributed by atoms with Crippen molar-refractivity contribution in [3.8, 4) is 40.9 Å². The normalized spacial score (nSPS) is 12.7. The molecule has 0 aliphatic carbocycles. The maximum atomic E-state index is 13.7. The molecule has 2 unspecified atom stereocenters. The van der Waals surface area contributed by atoms with Gasteiger partial charge < -0.3 is 18.6 Å². The van der Waals surface area contributed by atoms with Gasteiger partial charge in [-0.25, -0.2) is 8.42 Å². The van der Waals surface area contributed by atoms with Gasteiger partial charge in [0.2, 0.25) is 21.8 Å². The molecule has 0 saturated heterocycles. The molecule has 0 fully saturated rings. The van der Waals surface area contributed by atoms with E-state index in [1.165, 1.54) is 51.0 Å². The highest BCUT2D eigenvalue weighted by atomic mass is 32.2. The Morgan fingerprint density at radius 2 is 1.70 bits per heavy atom. The maximum absolute atomic E-state index is 13.7. The van der Waals surface area contributed by atoms with E-state index in [0.29, 0.717) is 34.3 Å². The van der Waals surface area contributed by atoms with Gasteiger partial charge in [0.1, 0.15) is 34.3 Å². The SMILES string of the molecule is COc1cccc(OC)c1-n1c(NS(=O)(=O)C(C)C(OC)c2ccc(C#N)cc2C#N)nnc1-c1ccc(C)o1. The van der Waals surface area contributed by atoms with Gasteiger partial charge in [0.25, 0.3) is 0 Å². The van der Waals surface area contributed by atoms with Gasteiger partial charge in [-0.1, -0.05) is 12.1 Å². The smallest absolute Gasteiger partial charge is 0.243 e. The predicted molar refractivity (Wildman–Crippen MR) is 145 cm³/mol. The van der Waals surface area contributed by atoms with Gasteiger partial charge >= 0.3 is 0 Å². The van der Waals surface area contributed by atoms with Gasteiger partial charge in [-0.15, -0.1) is 10.2 Å². The Morgan fingerprint density at radius 3 is 2.25 bits per heavy atom. The molecule has 40 heavy (non-hydrogen) atoms. The summed E-state index contributed by atoms with van der Waals surface area (Å²) in [6.45, 7) is 3.21. The molecule has 12 nitrogen and oxygen atoms in total. The largest absolute Gasteiger partial charge is 0.494 e. The highest BCUT2D eigenvalue weighted by molar-refractivity contribution is 7.93. The first-order valence-electron chi connectivity index (χ1n) is 11.9. The molecule has 0 amide bonds. The van der Waals surface area contributed by atoms with Gasteiger partial charge in [-0.2, -0.15) is 10.5 Å². The van der Waals surface area contributed by atoms with E-state index in [4.69, 9.17) is 18.6 Å². The van der Waals surface area contributed by atoms with Crippen LogP contribution in [0.3, 0.4) is 0 Å². The molecule has 0 aliphatic heterocycles. The first-order valence-corrected chi connectivity index (χ1v) is 13.5. The molecule has 4 aromatic rings. The zero-order valence-electron chi connectivity index (χ0n) is 22.4. The number of hydrogen-bond acceptors (Lipinski definition) is 10. The highest BCUT2D eigenvalue weighted by Gasteiger charge is 2.35. The molecule has 1 N–H and O–H groups in total. The number of aryl methyl sites for hydroxylation is 1. The molecule has 0 aliphatic rings. The van der Waals surface area contributed by atoms with Crippen molar-refractivity contribution < 1.29 is 27.0 Å². The molecule has 2 aromatic carbocycles. The lowest BCUT2D eigenvalue weighted by molar-refractivity contribution is 0.102. The van der Waals surface area contributed by atoms with Crippen LogP contribution in [0.5, 0.6) is 11.5 Å². The molecule has 2 atom stereocenters. The molecule has 206 valence electrons. The van der Waals surface area contributed by atoms with Crippen LogP contribution in [0.15, 0.2) is 52.9 Å². The number of aromatic nitrogens is 3. The fourth-order valence-electron chi connectivity index (χ4n) is 4.25. The number of nitrogens with zero attached hydrogens (tertiary/aromatic N) is 5. The lowest BCUT2D eigenvalue weighted by atomic mass is 9.99. The first kappa shape index (κ1) is 28.2. The summed E-state index contributed by atoms with van der Waals surface area (Å²) in [7, 11) is 0.0532. The van der Waals surface area contributed by atoms with Crippen LogP contribution >= 0.6 is 0 Å². The zero-order valence-corrected chi connectivity index (χ0v) is 23.2. The van der Waals surface area contributed by atoms with Crippen LogP contribution in [-0.2, 0) is 14.8 Å². The molecule has 4 rings (SSSR count). The molecule has 13 heteroatoms. The number of benzene rings is 2. The lowest BCUT2D eigenvalue weighted by Crippen LogP contribution is -2.33. The van der Waals surface area contributed by atoms with Gasteiger partial charge in [-0.05, 0) is 55.8 Å². The number of ether oxygens (including phenoxy) is 3. The molecule has 2 aromatic heterocycles. The number of rotatable bonds is 10. The number of anilines is 1. The first-order chi connectivity index (χ1) is 19.2. The number of sulfonamides is 1. The van der Waals surface area contributed by atoms with Crippen LogP contribution in [0.25, 0.3) is 17.3 Å². The summed E-state index contributed by atoms with van der Waals surface area (Å²) in [6.07, 6.45) is -1.05. The summed E-state index contributed by atoms with van der Waals surface area (Å²) >= 11 is 0. The van der Waals surface area contributed by atoms with Crippen molar-refractivity contribution >= 4 is 16.0 Å². The molecule has 0 radical (unpaired) electrons. The van der Waals surface area contributed by atoms with Crippen LogP contribution < -0.4 is 14.2 Å². The van der Waals surface area contributed by atoms with E-state index in [1.54, 1.807) is 37.3 Å². The van der Waals surface area contributed by atoms with Crippen LogP contribution in [0.4, 0.5) is 5.95 Å². The Balaban J connectivity index is 1.83. The minimum Gasteiger partial charge on any atom is -0.494 e. The topological polar surface area (TPSA) is 165 Å². The van der Waals surface area contributed by atoms with E-state index >= 15 is 0 Å². The minimum absolute atomic E-state index is 0.130. The standard InChI is InChI=1S/C27H26N6O6S/c1-16-9-12-23(39-16)26-30-31-27(33(26)24-21(36-3)7-6-8-22(24)37-4)32-40(34,35)17(2)25(38-5)20-11-10-18(14-28)13-19(20)15-29/h6-13,17,25H,1-5H3,(H,31,32). The van der Waals surface area contributed by atoms with E-state index in [2.05, 4.69) is 14.9 Å². The van der Waals surface area contributed by atoms with Crippen molar-refractivity contribution in [3.05, 3.63) is 71.0 Å². The molecule has 0 bridgehead atoms. The van der Waals surface area contributed by atoms with Crippen LogP contribution in [-0.4, -0.2) is 49.8 Å². The summed E-state index contributed by atoms with van der Waals surface area (Å²) in [4.78, 5) is 0. The number of methoxy groups -OCH3 is 3. The zero-order chi connectivity index (χ0) is 29.0. The van der Waals surface area contributed by atoms with Gasteiger partial charge in [0, 0.05) is 7.11 Å². The third-order valence-electron chi connectivity index (χ3n) is 6.26. The van der Waals surface area contributed by atoms with E-state index < -0.39 is 21.4 Å². The third kappa shape index (κ3) is 5.20. The van der Waals surface area contributed by atoms with Gasteiger partial charge in [-0.3, -0.25) is 9.29 Å². The second-order valence-electron chi connectivity index (χ2n) is 8.64.